The SMILES string of the molecule is O=C1CCC(N2Cc3cc(C4CCN(S(=O)(=O)c5cc(F)cc(F)c5)CC4)c(F)cc3C2=O)C(=O)N1. The fourth-order valence-electron chi connectivity index (χ4n) is 5.15. The van der Waals surface area contributed by atoms with Gasteiger partial charge in [0.15, 0.2) is 0 Å². The van der Waals surface area contributed by atoms with Crippen molar-refractivity contribution in [2.24, 2.45) is 0 Å². The van der Waals surface area contributed by atoms with E-state index in [0.29, 0.717) is 17.2 Å². The zero-order valence-corrected chi connectivity index (χ0v) is 19.8. The molecule has 2 aromatic carbocycles. The van der Waals surface area contributed by atoms with Gasteiger partial charge in [-0.15, -0.1) is 0 Å². The summed E-state index contributed by atoms with van der Waals surface area (Å²) in [4.78, 5) is 37.4. The van der Waals surface area contributed by atoms with Crippen molar-refractivity contribution in [2.75, 3.05) is 13.1 Å². The largest absolute Gasteiger partial charge is 0.322 e. The van der Waals surface area contributed by atoms with Crippen LogP contribution < -0.4 is 5.32 Å². The molecule has 0 saturated carbocycles. The van der Waals surface area contributed by atoms with Gasteiger partial charge in [0, 0.05) is 37.7 Å². The molecule has 8 nitrogen and oxygen atoms in total. The lowest BCUT2D eigenvalue weighted by Crippen LogP contribution is -2.52. The third kappa shape index (κ3) is 4.28. The number of carbonyl (C=O) groups excluding carboxylic acids is 3. The summed E-state index contributed by atoms with van der Waals surface area (Å²) in [6.07, 6.45) is 0.858. The highest BCUT2D eigenvalue weighted by Gasteiger charge is 2.40. The molecular weight excluding hydrogens is 499 g/mol. The van der Waals surface area contributed by atoms with Gasteiger partial charge in [-0.3, -0.25) is 19.7 Å². The van der Waals surface area contributed by atoms with E-state index in [-0.39, 0.29) is 56.8 Å². The monoisotopic (exact) mass is 521 g/mol. The number of hydrogen-bond donors (Lipinski definition) is 1. The molecule has 3 aliphatic rings. The Labute approximate surface area is 205 Å². The van der Waals surface area contributed by atoms with E-state index in [1.165, 1.54) is 4.90 Å². The lowest BCUT2D eigenvalue weighted by molar-refractivity contribution is -0.136. The van der Waals surface area contributed by atoms with Gasteiger partial charge in [0.25, 0.3) is 5.91 Å². The molecular formula is C24H22F3N3O5S. The number of sulfonamides is 1. The van der Waals surface area contributed by atoms with Crippen LogP contribution in [0.25, 0.3) is 0 Å². The van der Waals surface area contributed by atoms with Crippen LogP contribution in [0.4, 0.5) is 13.2 Å². The Balaban J connectivity index is 1.32. The Bertz CT molecular complexity index is 1370. The molecule has 2 saturated heterocycles. The summed E-state index contributed by atoms with van der Waals surface area (Å²) in [6, 6.07) is 4.04. The van der Waals surface area contributed by atoms with Crippen molar-refractivity contribution in [3.63, 3.8) is 0 Å². The standard InChI is InChI=1S/C24H22F3N3O5S/c25-15-8-16(26)10-17(9-15)36(34,35)29-5-3-13(4-6-29)18-7-14-12-30(24(33)19(14)11-20(18)27)21-1-2-22(31)28-23(21)32/h7-11,13,21H,1-6,12H2,(H,28,31,32). The molecule has 0 radical (unpaired) electrons. The molecule has 5 rings (SSSR count). The van der Waals surface area contributed by atoms with E-state index >= 15 is 4.39 Å². The molecule has 0 aliphatic carbocycles. The van der Waals surface area contributed by atoms with Crippen LogP contribution in [0, 0.1) is 17.5 Å². The Hall–Kier alpha value is -3.25. The van der Waals surface area contributed by atoms with Crippen LogP contribution in [-0.4, -0.2) is 54.5 Å². The van der Waals surface area contributed by atoms with Crippen LogP contribution in [0.2, 0.25) is 0 Å². The summed E-state index contributed by atoms with van der Waals surface area (Å²) in [5, 5.41) is 2.22. The lowest BCUT2D eigenvalue weighted by Gasteiger charge is -2.31. The summed E-state index contributed by atoms with van der Waals surface area (Å²) >= 11 is 0. The minimum atomic E-state index is -4.12. The predicted octanol–water partition coefficient (Wildman–Crippen LogP) is 2.43. The fourth-order valence-corrected chi connectivity index (χ4v) is 6.67. The van der Waals surface area contributed by atoms with E-state index in [9.17, 15) is 31.6 Å². The van der Waals surface area contributed by atoms with Crippen LogP contribution in [0.1, 0.15) is 53.1 Å². The second kappa shape index (κ2) is 9.00. The van der Waals surface area contributed by atoms with Gasteiger partial charge in [-0.05, 0) is 54.5 Å². The molecule has 1 atom stereocenters. The van der Waals surface area contributed by atoms with Gasteiger partial charge in [-0.2, -0.15) is 4.31 Å². The Morgan fingerprint density at radius 2 is 1.56 bits per heavy atom. The summed E-state index contributed by atoms with van der Waals surface area (Å²) < 4.78 is 69.0. The minimum Gasteiger partial charge on any atom is -0.322 e. The second-order valence-electron chi connectivity index (χ2n) is 9.21. The number of nitrogens with zero attached hydrogens (tertiary/aromatic N) is 2. The molecule has 3 heterocycles. The molecule has 190 valence electrons. The summed E-state index contributed by atoms with van der Waals surface area (Å²) in [5.41, 5.74) is 1.07. The van der Waals surface area contributed by atoms with Gasteiger partial charge in [0.1, 0.15) is 23.5 Å². The maximum Gasteiger partial charge on any atom is 0.255 e. The normalized spacial score (nSPS) is 21.6. The summed E-state index contributed by atoms with van der Waals surface area (Å²) in [5.74, 6) is -4.35. The lowest BCUT2D eigenvalue weighted by atomic mass is 9.88. The second-order valence-corrected chi connectivity index (χ2v) is 11.2. The molecule has 2 aromatic rings. The quantitative estimate of drug-likeness (QED) is 0.623. The molecule has 0 spiro atoms. The number of hydrogen-bond acceptors (Lipinski definition) is 5. The number of fused-ring (bicyclic) bond motifs is 1. The number of amides is 3. The van der Waals surface area contributed by atoms with Crippen molar-refractivity contribution in [2.45, 2.75) is 49.1 Å². The van der Waals surface area contributed by atoms with Gasteiger partial charge in [-0.25, -0.2) is 21.6 Å². The first-order chi connectivity index (χ1) is 17.0. The highest BCUT2D eigenvalue weighted by atomic mass is 32.2. The summed E-state index contributed by atoms with van der Waals surface area (Å²) in [6.45, 7) is 0.165. The zero-order chi connectivity index (χ0) is 25.8. The Morgan fingerprint density at radius 3 is 2.19 bits per heavy atom. The smallest absolute Gasteiger partial charge is 0.255 e. The molecule has 3 amide bonds. The molecule has 3 aliphatic heterocycles. The minimum absolute atomic E-state index is 0.0307. The van der Waals surface area contributed by atoms with E-state index in [1.54, 1.807) is 6.07 Å². The van der Waals surface area contributed by atoms with Crippen molar-refractivity contribution in [3.8, 4) is 0 Å². The van der Waals surface area contributed by atoms with E-state index in [2.05, 4.69) is 5.32 Å². The maximum atomic E-state index is 15.1. The highest BCUT2D eigenvalue weighted by Crippen LogP contribution is 2.36. The van der Waals surface area contributed by atoms with Crippen molar-refractivity contribution >= 4 is 27.7 Å². The number of imide groups is 1. The Morgan fingerprint density at radius 1 is 0.889 bits per heavy atom. The third-order valence-electron chi connectivity index (χ3n) is 7.01. The zero-order valence-electron chi connectivity index (χ0n) is 19.0. The van der Waals surface area contributed by atoms with E-state index in [4.69, 9.17) is 0 Å². The van der Waals surface area contributed by atoms with Gasteiger partial charge < -0.3 is 4.90 Å². The van der Waals surface area contributed by atoms with Gasteiger partial charge >= 0.3 is 0 Å². The number of nitrogens with one attached hydrogen (secondary N) is 1. The number of benzene rings is 2. The predicted molar refractivity (Wildman–Crippen MR) is 120 cm³/mol. The molecule has 0 aromatic heterocycles. The number of piperidine rings is 2. The average molecular weight is 522 g/mol. The van der Waals surface area contributed by atoms with Crippen molar-refractivity contribution in [3.05, 3.63) is 64.5 Å². The van der Waals surface area contributed by atoms with E-state index in [1.807, 2.05) is 0 Å². The number of rotatable bonds is 4. The molecule has 2 fully saturated rings. The van der Waals surface area contributed by atoms with Gasteiger partial charge in [0.2, 0.25) is 21.8 Å². The maximum absolute atomic E-state index is 15.1. The van der Waals surface area contributed by atoms with Crippen LogP contribution in [-0.2, 0) is 26.2 Å². The van der Waals surface area contributed by atoms with Gasteiger partial charge in [0.05, 0.1) is 4.90 Å². The molecule has 36 heavy (non-hydrogen) atoms. The fraction of sp³-hybridized carbons (Fsp3) is 0.375. The van der Waals surface area contributed by atoms with Crippen molar-refractivity contribution < 1.29 is 36.0 Å². The first-order valence-corrected chi connectivity index (χ1v) is 12.9. The van der Waals surface area contributed by atoms with Crippen molar-refractivity contribution in [1.82, 2.24) is 14.5 Å². The van der Waals surface area contributed by atoms with Gasteiger partial charge in [-0.1, -0.05) is 6.07 Å². The number of carbonyl (C=O) groups is 3. The average Bonchev–Trinajstić information content (AvgIpc) is 3.13. The summed E-state index contributed by atoms with van der Waals surface area (Å²) in [7, 11) is -4.12. The van der Waals surface area contributed by atoms with Crippen LogP contribution >= 0.6 is 0 Å². The van der Waals surface area contributed by atoms with Crippen LogP contribution in [0.15, 0.2) is 35.2 Å². The van der Waals surface area contributed by atoms with E-state index in [0.717, 1.165) is 22.5 Å². The number of halogens is 3. The van der Waals surface area contributed by atoms with Crippen LogP contribution in [0.5, 0.6) is 0 Å². The highest BCUT2D eigenvalue weighted by molar-refractivity contribution is 7.89. The molecule has 0 bridgehead atoms. The first kappa shape index (κ1) is 24.4. The van der Waals surface area contributed by atoms with Crippen LogP contribution in [0.3, 0.4) is 0 Å². The molecule has 12 heteroatoms. The molecule has 1 unspecified atom stereocenters. The third-order valence-corrected chi connectivity index (χ3v) is 8.88. The van der Waals surface area contributed by atoms with Crippen molar-refractivity contribution in [1.29, 1.82) is 0 Å². The topological polar surface area (TPSA) is 104 Å². The first-order valence-electron chi connectivity index (χ1n) is 11.5. The molecule has 1 N–H and O–H groups in total. The van der Waals surface area contributed by atoms with E-state index < -0.39 is 56.1 Å². The Kier molecular flexibility index (Phi) is 6.11.